The third-order valence-corrected chi connectivity index (χ3v) is 10.1. The Hall–Kier alpha value is -5.24. The largest absolute Gasteiger partial charge is 0.135 e. The van der Waals surface area contributed by atoms with Crippen LogP contribution in [0, 0.1) is 0 Å². The van der Waals surface area contributed by atoms with E-state index in [2.05, 4.69) is 158 Å². The van der Waals surface area contributed by atoms with Crippen molar-refractivity contribution in [3.63, 3.8) is 0 Å². The molecule has 1 aromatic heterocycles. The Morgan fingerprint density at radius 2 is 0.791 bits per heavy atom. The summed E-state index contributed by atoms with van der Waals surface area (Å²) in [6.07, 6.45) is 0. The Morgan fingerprint density at radius 1 is 0.302 bits per heavy atom. The smallest absolute Gasteiger partial charge is 0.0434 e. The summed E-state index contributed by atoms with van der Waals surface area (Å²) in [5.74, 6) is 0. The maximum atomic E-state index is 2.39. The van der Waals surface area contributed by atoms with Crippen LogP contribution >= 0.6 is 11.3 Å². The van der Waals surface area contributed by atoms with Crippen LogP contribution in [0.3, 0.4) is 0 Å². The third kappa shape index (κ3) is 3.75. The molecule has 1 heteroatoms. The van der Waals surface area contributed by atoms with Crippen molar-refractivity contribution in [1.29, 1.82) is 0 Å². The summed E-state index contributed by atoms with van der Waals surface area (Å²) < 4.78 is 2.71. The maximum Gasteiger partial charge on any atom is 0.0434 e. The SMILES string of the molecule is c1ccc(-c2c3ccccc3c(-c3cccc(-c4cccc5c4ccc4c6ccccc6sc54)c3)c3ccccc23)cc1. The molecule has 0 aliphatic heterocycles. The van der Waals surface area contributed by atoms with Gasteiger partial charge in [0.05, 0.1) is 0 Å². The molecule has 0 spiro atoms. The third-order valence-electron chi connectivity index (χ3n) is 8.86. The Bertz CT molecular complexity index is 2440. The molecule has 1 heterocycles. The van der Waals surface area contributed by atoms with E-state index in [1.54, 1.807) is 0 Å². The molecule has 0 aliphatic rings. The van der Waals surface area contributed by atoms with Crippen LogP contribution in [-0.2, 0) is 0 Å². The molecule has 0 fully saturated rings. The molecule has 0 amide bonds. The van der Waals surface area contributed by atoms with Crippen LogP contribution in [0.5, 0.6) is 0 Å². The quantitative estimate of drug-likeness (QED) is 0.188. The molecule has 0 nitrogen and oxygen atoms in total. The minimum Gasteiger partial charge on any atom is -0.135 e. The molecular weight excluding hydrogens is 537 g/mol. The molecule has 9 rings (SSSR count). The van der Waals surface area contributed by atoms with Gasteiger partial charge in [-0.3, -0.25) is 0 Å². The zero-order valence-electron chi connectivity index (χ0n) is 23.4. The summed E-state index contributed by atoms with van der Waals surface area (Å²) in [5, 5.41) is 10.4. The van der Waals surface area contributed by atoms with Gasteiger partial charge in [-0.15, -0.1) is 11.3 Å². The van der Waals surface area contributed by atoms with Crippen LogP contribution in [0.1, 0.15) is 0 Å². The Balaban J connectivity index is 1.30. The highest BCUT2D eigenvalue weighted by Crippen LogP contribution is 2.45. The molecule has 8 aromatic carbocycles. The first kappa shape index (κ1) is 24.4. The van der Waals surface area contributed by atoms with E-state index in [1.807, 2.05) is 11.3 Å². The standard InChI is InChI=1S/C42H26S/c1-2-12-27(13-3-1)40-33-17-4-6-19-35(33)41(36-20-7-5-18-34(36)40)29-15-10-14-28(26-29)30-21-11-22-37-31(30)24-25-38-32-16-8-9-23-39(32)43-42(37)38/h1-26H. The highest BCUT2D eigenvalue weighted by atomic mass is 32.1. The van der Waals surface area contributed by atoms with Crippen molar-refractivity contribution in [3.8, 4) is 33.4 Å². The molecule has 200 valence electrons. The van der Waals surface area contributed by atoms with Gasteiger partial charge in [0.15, 0.2) is 0 Å². The summed E-state index contributed by atoms with van der Waals surface area (Å²) >= 11 is 1.90. The zero-order valence-corrected chi connectivity index (χ0v) is 24.2. The highest BCUT2D eigenvalue weighted by Gasteiger charge is 2.17. The molecule has 0 bridgehead atoms. The Morgan fingerprint density at radius 3 is 1.51 bits per heavy atom. The highest BCUT2D eigenvalue weighted by molar-refractivity contribution is 7.26. The molecule has 0 atom stereocenters. The second-order valence-electron chi connectivity index (χ2n) is 11.2. The van der Waals surface area contributed by atoms with E-state index in [4.69, 9.17) is 0 Å². The number of thiophene rings is 1. The lowest BCUT2D eigenvalue weighted by atomic mass is 9.85. The van der Waals surface area contributed by atoms with Gasteiger partial charge in [0.25, 0.3) is 0 Å². The monoisotopic (exact) mass is 562 g/mol. The molecule has 43 heavy (non-hydrogen) atoms. The Labute approximate surface area is 254 Å². The topological polar surface area (TPSA) is 0 Å². The normalized spacial score (nSPS) is 11.7. The fraction of sp³-hybridized carbons (Fsp3) is 0. The molecule has 0 aliphatic carbocycles. The van der Waals surface area contributed by atoms with Crippen molar-refractivity contribution in [2.24, 2.45) is 0 Å². The number of rotatable bonds is 3. The molecule has 0 saturated carbocycles. The molecule has 0 unspecified atom stereocenters. The average molecular weight is 563 g/mol. The lowest BCUT2D eigenvalue weighted by Gasteiger charge is -2.18. The van der Waals surface area contributed by atoms with E-state index < -0.39 is 0 Å². The molecule has 0 N–H and O–H groups in total. The zero-order chi connectivity index (χ0) is 28.3. The first-order valence-corrected chi connectivity index (χ1v) is 15.6. The summed E-state index contributed by atoms with van der Waals surface area (Å²) in [5.41, 5.74) is 7.59. The molecule has 0 saturated heterocycles. The van der Waals surface area contributed by atoms with E-state index in [1.165, 1.54) is 85.9 Å². The molecule has 0 radical (unpaired) electrons. The van der Waals surface area contributed by atoms with Crippen molar-refractivity contribution in [2.45, 2.75) is 0 Å². The fourth-order valence-corrected chi connectivity index (χ4v) is 8.22. The minimum absolute atomic E-state index is 1.24. The van der Waals surface area contributed by atoms with Gasteiger partial charge in [-0.1, -0.05) is 146 Å². The number of fused-ring (bicyclic) bond motifs is 7. The second kappa shape index (κ2) is 9.66. The van der Waals surface area contributed by atoms with Crippen molar-refractivity contribution >= 4 is 63.8 Å². The number of hydrogen-bond donors (Lipinski definition) is 0. The van der Waals surface area contributed by atoms with Crippen LogP contribution in [0.25, 0.3) is 85.9 Å². The fourth-order valence-electron chi connectivity index (χ4n) is 6.99. The van der Waals surface area contributed by atoms with E-state index in [9.17, 15) is 0 Å². The summed E-state index contributed by atoms with van der Waals surface area (Å²) in [4.78, 5) is 0. The molecule has 9 aromatic rings. The van der Waals surface area contributed by atoms with Gasteiger partial charge in [0.2, 0.25) is 0 Å². The van der Waals surface area contributed by atoms with Gasteiger partial charge in [-0.2, -0.15) is 0 Å². The van der Waals surface area contributed by atoms with Crippen LogP contribution < -0.4 is 0 Å². The molecular formula is C42H26S. The summed E-state index contributed by atoms with van der Waals surface area (Å²) in [7, 11) is 0. The number of hydrogen-bond acceptors (Lipinski definition) is 1. The van der Waals surface area contributed by atoms with Gasteiger partial charge in [0, 0.05) is 25.6 Å². The van der Waals surface area contributed by atoms with Gasteiger partial charge >= 0.3 is 0 Å². The minimum atomic E-state index is 1.24. The summed E-state index contributed by atoms with van der Waals surface area (Å²) in [6.45, 7) is 0. The van der Waals surface area contributed by atoms with Crippen molar-refractivity contribution in [3.05, 3.63) is 158 Å². The van der Waals surface area contributed by atoms with Crippen LogP contribution in [0.2, 0.25) is 0 Å². The van der Waals surface area contributed by atoms with Gasteiger partial charge in [-0.05, 0) is 72.4 Å². The van der Waals surface area contributed by atoms with Gasteiger partial charge < -0.3 is 0 Å². The van der Waals surface area contributed by atoms with E-state index >= 15 is 0 Å². The average Bonchev–Trinajstić information content (AvgIpc) is 3.47. The van der Waals surface area contributed by atoms with Crippen molar-refractivity contribution in [2.75, 3.05) is 0 Å². The first-order chi connectivity index (χ1) is 21.3. The lowest BCUT2D eigenvalue weighted by Crippen LogP contribution is -1.91. The van der Waals surface area contributed by atoms with Crippen molar-refractivity contribution in [1.82, 2.24) is 0 Å². The Kier molecular flexibility index (Phi) is 5.47. The van der Waals surface area contributed by atoms with Crippen molar-refractivity contribution < 1.29 is 0 Å². The first-order valence-electron chi connectivity index (χ1n) is 14.8. The van der Waals surface area contributed by atoms with Gasteiger partial charge in [0.1, 0.15) is 0 Å². The predicted octanol–water partition coefficient (Wildman–Crippen LogP) is 12.5. The van der Waals surface area contributed by atoms with E-state index in [0.29, 0.717) is 0 Å². The summed E-state index contributed by atoms with van der Waals surface area (Å²) in [6, 6.07) is 57.9. The maximum absolute atomic E-state index is 2.39. The van der Waals surface area contributed by atoms with Crippen LogP contribution in [0.4, 0.5) is 0 Å². The number of benzene rings is 8. The van der Waals surface area contributed by atoms with Crippen LogP contribution in [-0.4, -0.2) is 0 Å². The predicted molar refractivity (Wildman–Crippen MR) is 188 cm³/mol. The van der Waals surface area contributed by atoms with Gasteiger partial charge in [-0.25, -0.2) is 0 Å². The van der Waals surface area contributed by atoms with E-state index in [-0.39, 0.29) is 0 Å². The van der Waals surface area contributed by atoms with E-state index in [0.717, 1.165) is 0 Å². The lowest BCUT2D eigenvalue weighted by molar-refractivity contribution is 1.63. The van der Waals surface area contributed by atoms with Crippen LogP contribution in [0.15, 0.2) is 158 Å². The second-order valence-corrected chi connectivity index (χ2v) is 12.3.